The number of aromatic nitrogens is 2. The maximum atomic E-state index is 12.3. The van der Waals surface area contributed by atoms with Crippen LogP contribution in [0, 0.1) is 6.92 Å². The van der Waals surface area contributed by atoms with Crippen molar-refractivity contribution in [2.24, 2.45) is 0 Å². The van der Waals surface area contributed by atoms with Crippen molar-refractivity contribution in [1.82, 2.24) is 14.9 Å². The van der Waals surface area contributed by atoms with Crippen molar-refractivity contribution in [3.63, 3.8) is 0 Å². The van der Waals surface area contributed by atoms with Gasteiger partial charge in [-0.3, -0.25) is 10.2 Å². The van der Waals surface area contributed by atoms with Gasteiger partial charge >= 0.3 is 6.03 Å². The summed E-state index contributed by atoms with van der Waals surface area (Å²) in [5.74, 6) is 1.31. The fraction of sp³-hybridized carbons (Fsp3) is 0.261. The number of nitrogens with zero attached hydrogens (tertiary/aromatic N) is 4. The number of piperazine rings is 1. The standard InChI is InChI=1S/C23H26N6O/c1-18-6-5-9-20(14-18)26-23(30)27-21-15-22(25-17-24-21)29-12-10-28(11-13-29)16-19-7-3-2-4-8-19/h2-9,14-15,17H,10-13,16H2,1H3,(H2,24,25,26,27,30). The lowest BCUT2D eigenvalue weighted by molar-refractivity contribution is 0.249. The smallest absolute Gasteiger partial charge is 0.324 e. The molecule has 0 atom stereocenters. The van der Waals surface area contributed by atoms with E-state index in [9.17, 15) is 4.79 Å². The number of rotatable bonds is 5. The summed E-state index contributed by atoms with van der Waals surface area (Å²) in [6.07, 6.45) is 1.49. The van der Waals surface area contributed by atoms with Gasteiger partial charge in [0.05, 0.1) is 0 Å². The minimum absolute atomic E-state index is 0.321. The molecule has 30 heavy (non-hydrogen) atoms. The Bertz CT molecular complexity index is 986. The number of benzene rings is 2. The second-order valence-electron chi connectivity index (χ2n) is 7.46. The van der Waals surface area contributed by atoms with Crippen LogP contribution in [0.4, 0.5) is 22.1 Å². The second kappa shape index (κ2) is 9.37. The number of nitrogens with one attached hydrogen (secondary N) is 2. The first-order valence-corrected chi connectivity index (χ1v) is 10.1. The number of anilines is 3. The van der Waals surface area contributed by atoms with Crippen LogP contribution in [0.25, 0.3) is 0 Å². The van der Waals surface area contributed by atoms with Gasteiger partial charge in [0.25, 0.3) is 0 Å². The Kier molecular flexibility index (Phi) is 6.20. The lowest BCUT2D eigenvalue weighted by Crippen LogP contribution is -2.46. The van der Waals surface area contributed by atoms with E-state index in [-0.39, 0.29) is 6.03 Å². The van der Waals surface area contributed by atoms with Gasteiger partial charge in [0, 0.05) is 44.5 Å². The van der Waals surface area contributed by atoms with Crippen LogP contribution in [0.2, 0.25) is 0 Å². The minimum atomic E-state index is -0.321. The topological polar surface area (TPSA) is 73.4 Å². The molecule has 4 rings (SSSR count). The molecular weight excluding hydrogens is 376 g/mol. The first-order valence-electron chi connectivity index (χ1n) is 10.1. The molecule has 3 aromatic rings. The van der Waals surface area contributed by atoms with Crippen molar-refractivity contribution in [3.8, 4) is 0 Å². The Morgan fingerprint density at radius 3 is 2.50 bits per heavy atom. The Morgan fingerprint density at radius 2 is 1.73 bits per heavy atom. The first kappa shape index (κ1) is 19.8. The average Bonchev–Trinajstić information content (AvgIpc) is 2.75. The Morgan fingerprint density at radius 1 is 0.933 bits per heavy atom. The van der Waals surface area contributed by atoms with E-state index in [1.165, 1.54) is 11.9 Å². The van der Waals surface area contributed by atoms with E-state index in [0.717, 1.165) is 49.8 Å². The lowest BCUT2D eigenvalue weighted by Gasteiger charge is -2.35. The normalized spacial score (nSPS) is 14.4. The molecule has 0 aliphatic carbocycles. The lowest BCUT2D eigenvalue weighted by atomic mass is 10.2. The number of amides is 2. The second-order valence-corrected chi connectivity index (χ2v) is 7.46. The maximum absolute atomic E-state index is 12.3. The summed E-state index contributed by atoms with van der Waals surface area (Å²) in [6, 6.07) is 19.7. The van der Waals surface area contributed by atoms with Crippen LogP contribution in [0.15, 0.2) is 67.0 Å². The number of carbonyl (C=O) groups excluding carboxylic acids is 1. The van der Waals surface area contributed by atoms with Crippen LogP contribution in [-0.4, -0.2) is 47.1 Å². The summed E-state index contributed by atoms with van der Waals surface area (Å²) >= 11 is 0. The fourth-order valence-electron chi connectivity index (χ4n) is 3.57. The highest BCUT2D eigenvalue weighted by Gasteiger charge is 2.19. The molecule has 1 fully saturated rings. The van der Waals surface area contributed by atoms with Gasteiger partial charge in [-0.05, 0) is 30.2 Å². The maximum Gasteiger partial charge on any atom is 0.324 e. The molecule has 0 bridgehead atoms. The van der Waals surface area contributed by atoms with Crippen molar-refractivity contribution in [2.45, 2.75) is 13.5 Å². The van der Waals surface area contributed by atoms with Crippen LogP contribution < -0.4 is 15.5 Å². The Hall–Kier alpha value is -3.45. The molecule has 2 amide bonds. The summed E-state index contributed by atoms with van der Waals surface area (Å²) in [5, 5.41) is 5.62. The molecule has 0 radical (unpaired) electrons. The van der Waals surface area contributed by atoms with Crippen molar-refractivity contribution >= 4 is 23.4 Å². The molecule has 0 spiro atoms. The molecule has 2 heterocycles. The zero-order chi connectivity index (χ0) is 20.8. The quantitative estimate of drug-likeness (QED) is 0.680. The van der Waals surface area contributed by atoms with Gasteiger partial charge in [0.1, 0.15) is 18.0 Å². The third-order valence-corrected chi connectivity index (χ3v) is 5.12. The Balaban J connectivity index is 1.32. The molecule has 0 saturated carbocycles. The Labute approximate surface area is 176 Å². The summed E-state index contributed by atoms with van der Waals surface area (Å²) in [6.45, 7) is 6.66. The van der Waals surface area contributed by atoms with Gasteiger partial charge in [-0.25, -0.2) is 14.8 Å². The van der Waals surface area contributed by atoms with E-state index in [1.807, 2.05) is 43.3 Å². The zero-order valence-corrected chi connectivity index (χ0v) is 17.1. The van der Waals surface area contributed by atoms with Crippen LogP contribution in [-0.2, 0) is 6.54 Å². The summed E-state index contributed by atoms with van der Waals surface area (Å²) in [4.78, 5) is 25.6. The third-order valence-electron chi connectivity index (χ3n) is 5.12. The van der Waals surface area contributed by atoms with Crippen LogP contribution >= 0.6 is 0 Å². The molecule has 154 valence electrons. The highest BCUT2D eigenvalue weighted by Crippen LogP contribution is 2.18. The third kappa shape index (κ3) is 5.33. The van der Waals surface area contributed by atoms with E-state index in [2.05, 4.69) is 54.7 Å². The SMILES string of the molecule is Cc1cccc(NC(=O)Nc2cc(N3CCN(Cc4ccccc4)CC3)ncn2)c1. The molecule has 1 aliphatic rings. The molecule has 1 aliphatic heterocycles. The van der Waals surface area contributed by atoms with Crippen molar-refractivity contribution < 1.29 is 4.79 Å². The highest BCUT2D eigenvalue weighted by molar-refractivity contribution is 5.99. The van der Waals surface area contributed by atoms with Gasteiger partial charge in [0.15, 0.2) is 0 Å². The molecular formula is C23H26N6O. The zero-order valence-electron chi connectivity index (χ0n) is 17.1. The molecule has 2 N–H and O–H groups in total. The van der Waals surface area contributed by atoms with Crippen LogP contribution in [0.1, 0.15) is 11.1 Å². The van der Waals surface area contributed by atoms with E-state index >= 15 is 0 Å². The van der Waals surface area contributed by atoms with E-state index in [4.69, 9.17) is 0 Å². The number of urea groups is 1. The van der Waals surface area contributed by atoms with Gasteiger partial charge < -0.3 is 10.2 Å². The molecule has 7 heteroatoms. The summed E-state index contributed by atoms with van der Waals surface area (Å²) < 4.78 is 0. The number of hydrogen-bond donors (Lipinski definition) is 2. The molecule has 7 nitrogen and oxygen atoms in total. The monoisotopic (exact) mass is 402 g/mol. The highest BCUT2D eigenvalue weighted by atomic mass is 16.2. The van der Waals surface area contributed by atoms with Crippen LogP contribution in [0.3, 0.4) is 0 Å². The van der Waals surface area contributed by atoms with Crippen LogP contribution in [0.5, 0.6) is 0 Å². The molecule has 1 saturated heterocycles. The number of aryl methyl sites for hydroxylation is 1. The molecule has 1 aromatic heterocycles. The van der Waals surface area contributed by atoms with Crippen molar-refractivity contribution in [2.75, 3.05) is 41.7 Å². The largest absolute Gasteiger partial charge is 0.354 e. The van der Waals surface area contributed by atoms with Crippen molar-refractivity contribution in [3.05, 3.63) is 78.1 Å². The molecule has 2 aromatic carbocycles. The summed E-state index contributed by atoms with van der Waals surface area (Å²) in [5.41, 5.74) is 3.17. The summed E-state index contributed by atoms with van der Waals surface area (Å²) in [7, 11) is 0. The number of carbonyl (C=O) groups is 1. The van der Waals surface area contributed by atoms with Gasteiger partial charge in [-0.15, -0.1) is 0 Å². The first-order chi connectivity index (χ1) is 14.7. The van der Waals surface area contributed by atoms with Crippen molar-refractivity contribution in [1.29, 1.82) is 0 Å². The van der Waals surface area contributed by atoms with E-state index < -0.39 is 0 Å². The minimum Gasteiger partial charge on any atom is -0.354 e. The average molecular weight is 403 g/mol. The predicted octanol–water partition coefficient (Wildman–Crippen LogP) is 3.75. The van der Waals surface area contributed by atoms with E-state index in [0.29, 0.717) is 5.82 Å². The van der Waals surface area contributed by atoms with Gasteiger partial charge in [-0.2, -0.15) is 0 Å². The van der Waals surface area contributed by atoms with Gasteiger partial charge in [0.2, 0.25) is 0 Å². The number of hydrogen-bond acceptors (Lipinski definition) is 5. The molecule has 0 unspecified atom stereocenters. The van der Waals surface area contributed by atoms with Gasteiger partial charge in [-0.1, -0.05) is 42.5 Å². The predicted molar refractivity (Wildman–Crippen MR) is 120 cm³/mol. The fourth-order valence-corrected chi connectivity index (χ4v) is 3.57. The van der Waals surface area contributed by atoms with E-state index in [1.54, 1.807) is 0 Å².